The molecule has 4 heteroatoms. The molecule has 0 aliphatic carbocycles. The first kappa shape index (κ1) is 9.26. The molecular weight excluding hydrogens is 228 g/mol. The van der Waals surface area contributed by atoms with Crippen molar-refractivity contribution in [1.82, 2.24) is 5.32 Å². The zero-order valence-electron chi connectivity index (χ0n) is 5.57. The molecule has 0 aliphatic heterocycles. The summed E-state index contributed by atoms with van der Waals surface area (Å²) in [5.74, 6) is 0. The van der Waals surface area contributed by atoms with Crippen molar-refractivity contribution in [3.8, 4) is 0 Å². The third-order valence-electron chi connectivity index (χ3n) is 0.947. The SMILES string of the molecule is [B]CC(C)(C)NC(=O)I. The Morgan fingerprint density at radius 3 is 2.33 bits per heavy atom. The Bertz CT molecular complexity index is 116. The number of carbonyl (C=O) groups is 1. The van der Waals surface area contributed by atoms with Gasteiger partial charge in [-0.15, -0.1) is 0 Å². The Morgan fingerprint density at radius 2 is 2.22 bits per heavy atom. The number of halogens is 1. The second-order valence-electron chi connectivity index (χ2n) is 2.49. The van der Waals surface area contributed by atoms with Crippen LogP contribution in [0.15, 0.2) is 0 Å². The molecule has 0 unspecified atom stereocenters. The molecule has 9 heavy (non-hydrogen) atoms. The minimum Gasteiger partial charge on any atom is -0.343 e. The van der Waals surface area contributed by atoms with Crippen molar-refractivity contribution in [1.29, 1.82) is 0 Å². The van der Waals surface area contributed by atoms with Gasteiger partial charge in [0.25, 0.3) is 3.91 Å². The highest BCUT2D eigenvalue weighted by Gasteiger charge is 2.14. The molecular formula is C5H9BINO. The maximum atomic E-state index is 10.4. The van der Waals surface area contributed by atoms with Crippen LogP contribution in [0.1, 0.15) is 13.8 Å². The number of amides is 1. The molecule has 0 bridgehead atoms. The van der Waals surface area contributed by atoms with Gasteiger partial charge in [0.15, 0.2) is 0 Å². The van der Waals surface area contributed by atoms with Crippen LogP contribution in [0.4, 0.5) is 4.79 Å². The van der Waals surface area contributed by atoms with Crippen LogP contribution in [0.2, 0.25) is 6.32 Å². The van der Waals surface area contributed by atoms with Gasteiger partial charge in [-0.05, 0) is 13.8 Å². The number of rotatable bonds is 2. The van der Waals surface area contributed by atoms with Crippen molar-refractivity contribution in [3.63, 3.8) is 0 Å². The predicted octanol–water partition coefficient (Wildman–Crippen LogP) is 1.50. The maximum absolute atomic E-state index is 10.4. The summed E-state index contributed by atoms with van der Waals surface area (Å²) < 4.78 is -0.0666. The highest BCUT2D eigenvalue weighted by atomic mass is 127. The van der Waals surface area contributed by atoms with Gasteiger partial charge in [0.2, 0.25) is 0 Å². The summed E-state index contributed by atoms with van der Waals surface area (Å²) in [5, 5.41) is 2.69. The summed E-state index contributed by atoms with van der Waals surface area (Å²) in [6.45, 7) is 3.76. The quantitative estimate of drug-likeness (QED) is 0.335. The zero-order chi connectivity index (χ0) is 7.49. The smallest absolute Gasteiger partial charge is 0.281 e. The average Bonchev–Trinajstić information content (AvgIpc) is 1.63. The van der Waals surface area contributed by atoms with Gasteiger partial charge >= 0.3 is 0 Å². The molecule has 0 saturated heterocycles. The Kier molecular flexibility index (Phi) is 3.54. The van der Waals surface area contributed by atoms with Crippen molar-refractivity contribution >= 4 is 34.4 Å². The molecule has 1 N–H and O–H groups in total. The first-order valence-electron chi connectivity index (χ1n) is 2.65. The summed E-state index contributed by atoms with van der Waals surface area (Å²) >= 11 is 1.69. The first-order valence-corrected chi connectivity index (χ1v) is 3.73. The number of hydrogen-bond acceptors (Lipinski definition) is 1. The Labute approximate surface area is 70.3 Å². The van der Waals surface area contributed by atoms with Gasteiger partial charge in [-0.2, -0.15) is 0 Å². The van der Waals surface area contributed by atoms with Crippen molar-refractivity contribution in [2.45, 2.75) is 25.7 Å². The van der Waals surface area contributed by atoms with E-state index in [1.807, 2.05) is 13.8 Å². The van der Waals surface area contributed by atoms with Gasteiger partial charge < -0.3 is 5.32 Å². The minimum atomic E-state index is -0.266. The van der Waals surface area contributed by atoms with Crippen LogP contribution >= 0.6 is 22.6 Å². The van der Waals surface area contributed by atoms with Crippen LogP contribution in [-0.2, 0) is 0 Å². The molecule has 0 spiro atoms. The van der Waals surface area contributed by atoms with Gasteiger partial charge in [-0.1, -0.05) is 6.32 Å². The summed E-state index contributed by atoms with van der Waals surface area (Å²) in [4.78, 5) is 10.4. The Hall–Kier alpha value is 0.265. The minimum absolute atomic E-state index is 0.0666. The van der Waals surface area contributed by atoms with Gasteiger partial charge in [-0.3, -0.25) is 4.79 Å². The summed E-state index contributed by atoms with van der Waals surface area (Å²) in [6, 6.07) is 0. The fraction of sp³-hybridized carbons (Fsp3) is 0.800. The van der Waals surface area contributed by atoms with Gasteiger partial charge in [0.05, 0.1) is 7.85 Å². The van der Waals surface area contributed by atoms with Crippen LogP contribution in [0.5, 0.6) is 0 Å². The zero-order valence-corrected chi connectivity index (χ0v) is 7.73. The molecule has 2 nitrogen and oxygen atoms in total. The molecule has 0 heterocycles. The lowest BCUT2D eigenvalue weighted by molar-refractivity contribution is 0.255. The van der Waals surface area contributed by atoms with Crippen LogP contribution in [-0.4, -0.2) is 17.3 Å². The molecule has 0 fully saturated rings. The fourth-order valence-electron chi connectivity index (χ4n) is 0.317. The fourth-order valence-corrected chi connectivity index (χ4v) is 1.05. The lowest BCUT2D eigenvalue weighted by atomic mass is 9.87. The molecule has 0 rings (SSSR count). The van der Waals surface area contributed by atoms with Crippen molar-refractivity contribution < 1.29 is 4.79 Å². The van der Waals surface area contributed by atoms with Gasteiger partial charge in [0.1, 0.15) is 0 Å². The molecule has 0 aromatic rings. The van der Waals surface area contributed by atoms with Crippen LogP contribution < -0.4 is 5.32 Å². The van der Waals surface area contributed by atoms with E-state index in [9.17, 15) is 4.79 Å². The molecule has 1 amide bonds. The monoisotopic (exact) mass is 237 g/mol. The first-order chi connectivity index (χ1) is 3.98. The third kappa shape index (κ3) is 4.75. The molecule has 2 radical (unpaired) electrons. The molecule has 0 aliphatic rings. The Balaban J connectivity index is 3.71. The summed E-state index contributed by atoms with van der Waals surface area (Å²) in [6.07, 6.45) is 0.460. The highest BCUT2D eigenvalue weighted by molar-refractivity contribution is 14.1. The third-order valence-corrected chi connectivity index (χ3v) is 1.22. The molecule has 0 saturated carbocycles. The lowest BCUT2D eigenvalue weighted by Crippen LogP contribution is -2.39. The van der Waals surface area contributed by atoms with Crippen LogP contribution in [0.25, 0.3) is 0 Å². The molecule has 0 atom stereocenters. The standard InChI is InChI=1S/C5H9BINO/c1-5(2,3-6)8-4(7)9/h3H2,1-2H3,(H,8,9). The summed E-state index contributed by atoms with van der Waals surface area (Å²) in [7, 11) is 5.34. The van der Waals surface area contributed by atoms with Gasteiger partial charge in [-0.25, -0.2) is 0 Å². The maximum Gasteiger partial charge on any atom is 0.281 e. The Morgan fingerprint density at radius 1 is 1.78 bits per heavy atom. The topological polar surface area (TPSA) is 29.1 Å². The largest absolute Gasteiger partial charge is 0.343 e. The summed E-state index contributed by atoms with van der Waals surface area (Å²) in [5.41, 5.74) is -0.266. The van der Waals surface area contributed by atoms with E-state index in [0.29, 0.717) is 6.32 Å². The number of hydrogen-bond donors (Lipinski definition) is 1. The highest BCUT2D eigenvalue weighted by Crippen LogP contribution is 2.06. The number of nitrogens with one attached hydrogen (secondary N) is 1. The molecule has 0 aromatic carbocycles. The van der Waals surface area contributed by atoms with Crippen molar-refractivity contribution in [3.05, 3.63) is 0 Å². The average molecular weight is 237 g/mol. The van der Waals surface area contributed by atoms with Crippen LogP contribution in [0, 0.1) is 0 Å². The second-order valence-corrected chi connectivity index (χ2v) is 3.47. The lowest BCUT2D eigenvalue weighted by Gasteiger charge is -2.22. The predicted molar refractivity (Wildman–Crippen MR) is 47.2 cm³/mol. The van der Waals surface area contributed by atoms with E-state index in [2.05, 4.69) is 5.32 Å². The van der Waals surface area contributed by atoms with E-state index < -0.39 is 0 Å². The van der Waals surface area contributed by atoms with E-state index in [1.54, 1.807) is 22.6 Å². The van der Waals surface area contributed by atoms with Gasteiger partial charge in [0, 0.05) is 28.1 Å². The van der Waals surface area contributed by atoms with Crippen molar-refractivity contribution in [2.24, 2.45) is 0 Å². The van der Waals surface area contributed by atoms with Crippen LogP contribution in [0.3, 0.4) is 0 Å². The normalized spacial score (nSPS) is 11.0. The van der Waals surface area contributed by atoms with E-state index >= 15 is 0 Å². The van der Waals surface area contributed by atoms with E-state index in [-0.39, 0.29) is 9.45 Å². The molecule has 0 aromatic heterocycles. The second kappa shape index (κ2) is 3.44. The number of carbonyl (C=O) groups excluding carboxylic acids is 1. The van der Waals surface area contributed by atoms with Crippen molar-refractivity contribution in [2.75, 3.05) is 0 Å². The van der Waals surface area contributed by atoms with E-state index in [1.165, 1.54) is 0 Å². The molecule has 50 valence electrons. The van der Waals surface area contributed by atoms with E-state index in [0.717, 1.165) is 0 Å². The van der Waals surface area contributed by atoms with E-state index in [4.69, 9.17) is 7.85 Å².